The van der Waals surface area contributed by atoms with Crippen LogP contribution in [0.1, 0.15) is 38.0 Å². The van der Waals surface area contributed by atoms with Crippen LogP contribution in [0.15, 0.2) is 91.0 Å². The maximum absolute atomic E-state index is 13.1. The molecule has 4 rings (SSSR count). The fourth-order valence-electron chi connectivity index (χ4n) is 4.07. The van der Waals surface area contributed by atoms with Gasteiger partial charge in [-0.05, 0) is 36.4 Å². The molecule has 11 heteroatoms. The zero-order valence-corrected chi connectivity index (χ0v) is 22.0. The standard InChI is InChI=1S/C30H26O11/c1-18(31)37-30-25(40-28(34)21-16-10-5-11-17-21)23(38-26(32)19-12-6-3-7-13-19)22(41-30)24(29(35)36-2)39-27(33)20-14-8-4-9-15-20/h3-17,22-25,30H,1-2H3/t22-,23+,24+,25-,30-/m1/s1. The molecule has 5 atom stereocenters. The quantitative estimate of drug-likeness (QED) is 0.281. The maximum atomic E-state index is 13.1. The van der Waals surface area contributed by atoms with Gasteiger partial charge in [-0.3, -0.25) is 4.79 Å². The highest BCUT2D eigenvalue weighted by Crippen LogP contribution is 2.33. The number of methoxy groups -OCH3 is 1. The van der Waals surface area contributed by atoms with Gasteiger partial charge in [-0.2, -0.15) is 0 Å². The normalized spacial score (nSPS) is 20.2. The molecule has 0 N–H and O–H groups in total. The van der Waals surface area contributed by atoms with E-state index in [2.05, 4.69) is 0 Å². The second-order valence-corrected chi connectivity index (χ2v) is 8.77. The third-order valence-corrected chi connectivity index (χ3v) is 5.97. The van der Waals surface area contributed by atoms with Crippen molar-refractivity contribution in [1.29, 1.82) is 0 Å². The van der Waals surface area contributed by atoms with E-state index in [-0.39, 0.29) is 16.7 Å². The zero-order valence-electron chi connectivity index (χ0n) is 22.0. The van der Waals surface area contributed by atoms with E-state index in [0.717, 1.165) is 14.0 Å². The van der Waals surface area contributed by atoms with Crippen LogP contribution >= 0.6 is 0 Å². The molecule has 0 radical (unpaired) electrons. The summed E-state index contributed by atoms with van der Waals surface area (Å²) >= 11 is 0. The molecule has 0 aromatic heterocycles. The number of carbonyl (C=O) groups is 5. The van der Waals surface area contributed by atoms with E-state index >= 15 is 0 Å². The molecule has 3 aromatic rings. The Labute approximate surface area is 234 Å². The molecule has 1 saturated heterocycles. The van der Waals surface area contributed by atoms with Gasteiger partial charge in [0.15, 0.2) is 12.2 Å². The van der Waals surface area contributed by atoms with Gasteiger partial charge in [0.25, 0.3) is 0 Å². The fraction of sp³-hybridized carbons (Fsp3) is 0.233. The Morgan fingerprint density at radius 3 is 1.51 bits per heavy atom. The largest absolute Gasteiger partial charge is 0.466 e. The van der Waals surface area contributed by atoms with Gasteiger partial charge in [-0.15, -0.1) is 0 Å². The van der Waals surface area contributed by atoms with Crippen molar-refractivity contribution in [3.05, 3.63) is 108 Å². The molecule has 11 nitrogen and oxygen atoms in total. The smallest absolute Gasteiger partial charge is 0.350 e. The lowest BCUT2D eigenvalue weighted by Crippen LogP contribution is -2.49. The van der Waals surface area contributed by atoms with Crippen molar-refractivity contribution in [3.63, 3.8) is 0 Å². The average molecular weight is 563 g/mol. The van der Waals surface area contributed by atoms with E-state index in [1.807, 2.05) is 0 Å². The molecule has 0 unspecified atom stereocenters. The van der Waals surface area contributed by atoms with Crippen LogP contribution in [0.3, 0.4) is 0 Å². The van der Waals surface area contributed by atoms with Crippen molar-refractivity contribution in [2.75, 3.05) is 7.11 Å². The van der Waals surface area contributed by atoms with Gasteiger partial charge in [0.1, 0.15) is 0 Å². The minimum atomic E-state index is -1.82. The summed E-state index contributed by atoms with van der Waals surface area (Å²) in [7, 11) is 1.06. The lowest BCUT2D eigenvalue weighted by Gasteiger charge is -2.27. The lowest BCUT2D eigenvalue weighted by molar-refractivity contribution is -0.195. The highest BCUT2D eigenvalue weighted by molar-refractivity contribution is 5.92. The number of ether oxygens (including phenoxy) is 6. The second-order valence-electron chi connectivity index (χ2n) is 8.77. The molecule has 0 aliphatic carbocycles. The van der Waals surface area contributed by atoms with Crippen LogP contribution in [-0.2, 0) is 38.0 Å². The molecule has 1 aliphatic heterocycles. The first-order chi connectivity index (χ1) is 19.8. The van der Waals surface area contributed by atoms with Crippen molar-refractivity contribution in [2.24, 2.45) is 0 Å². The second kappa shape index (κ2) is 13.4. The van der Waals surface area contributed by atoms with E-state index in [9.17, 15) is 24.0 Å². The summed E-state index contributed by atoms with van der Waals surface area (Å²) in [5, 5.41) is 0. The minimum Gasteiger partial charge on any atom is -0.466 e. The molecule has 1 heterocycles. The first kappa shape index (κ1) is 29.0. The van der Waals surface area contributed by atoms with Gasteiger partial charge in [0.2, 0.25) is 18.5 Å². The number of carbonyl (C=O) groups excluding carboxylic acids is 5. The summed E-state index contributed by atoms with van der Waals surface area (Å²) in [6.07, 6.45) is -8.22. The Balaban J connectivity index is 1.72. The highest BCUT2D eigenvalue weighted by Gasteiger charge is 2.57. The Morgan fingerprint density at radius 1 is 0.634 bits per heavy atom. The Hall–Kier alpha value is -5.03. The fourth-order valence-corrected chi connectivity index (χ4v) is 4.07. The summed E-state index contributed by atoms with van der Waals surface area (Å²) in [5.41, 5.74) is 0.387. The summed E-state index contributed by atoms with van der Waals surface area (Å²) < 4.78 is 32.7. The number of hydrogen-bond donors (Lipinski definition) is 0. The van der Waals surface area contributed by atoms with Gasteiger partial charge in [-0.1, -0.05) is 54.6 Å². The number of benzene rings is 3. The predicted octanol–water partition coefficient (Wildman–Crippen LogP) is 3.12. The third kappa shape index (κ3) is 7.14. The summed E-state index contributed by atoms with van der Waals surface area (Å²) in [4.78, 5) is 63.9. The number of hydrogen-bond acceptors (Lipinski definition) is 11. The molecule has 3 aromatic carbocycles. The van der Waals surface area contributed by atoms with Crippen molar-refractivity contribution >= 4 is 29.8 Å². The Bertz CT molecular complexity index is 1380. The topological polar surface area (TPSA) is 141 Å². The first-order valence-electron chi connectivity index (χ1n) is 12.5. The molecular formula is C30H26O11. The predicted molar refractivity (Wildman–Crippen MR) is 139 cm³/mol. The highest BCUT2D eigenvalue weighted by atomic mass is 16.8. The first-order valence-corrected chi connectivity index (χ1v) is 12.5. The molecule has 0 amide bonds. The van der Waals surface area contributed by atoms with Gasteiger partial charge in [0, 0.05) is 6.92 Å². The summed E-state index contributed by atoms with van der Waals surface area (Å²) in [6.45, 7) is 1.09. The van der Waals surface area contributed by atoms with Crippen molar-refractivity contribution in [3.8, 4) is 0 Å². The van der Waals surface area contributed by atoms with Gasteiger partial charge < -0.3 is 28.4 Å². The SMILES string of the molecule is COC(=O)[C@@H](OC(=O)c1ccccc1)[C@@H]1O[C@@H](OC(C)=O)[C@H](OC(=O)c2ccccc2)[C@H]1OC(=O)c1ccccc1. The van der Waals surface area contributed by atoms with Crippen molar-refractivity contribution in [2.45, 2.75) is 37.6 Å². The van der Waals surface area contributed by atoms with Crippen LogP contribution in [0, 0.1) is 0 Å². The monoisotopic (exact) mass is 562 g/mol. The zero-order chi connectivity index (χ0) is 29.4. The van der Waals surface area contributed by atoms with E-state index in [1.54, 1.807) is 54.6 Å². The molecule has 0 saturated carbocycles. The Morgan fingerprint density at radius 2 is 1.07 bits per heavy atom. The average Bonchev–Trinajstić information content (AvgIpc) is 3.31. The molecule has 0 bridgehead atoms. The minimum absolute atomic E-state index is 0.112. The van der Waals surface area contributed by atoms with E-state index in [0.29, 0.717) is 0 Å². The van der Waals surface area contributed by atoms with Gasteiger partial charge in [0.05, 0.1) is 23.8 Å². The molecule has 0 spiro atoms. The van der Waals surface area contributed by atoms with Crippen molar-refractivity contribution in [1.82, 2.24) is 0 Å². The van der Waals surface area contributed by atoms with E-state index < -0.39 is 60.6 Å². The summed E-state index contributed by atoms with van der Waals surface area (Å²) in [5.74, 6) is -4.51. The van der Waals surface area contributed by atoms with Crippen LogP contribution in [0.25, 0.3) is 0 Å². The van der Waals surface area contributed by atoms with Gasteiger partial charge in [-0.25, -0.2) is 19.2 Å². The van der Waals surface area contributed by atoms with Gasteiger partial charge >= 0.3 is 29.8 Å². The van der Waals surface area contributed by atoms with Crippen LogP contribution in [-0.4, -0.2) is 67.7 Å². The van der Waals surface area contributed by atoms with Crippen LogP contribution < -0.4 is 0 Å². The molecular weight excluding hydrogens is 536 g/mol. The third-order valence-electron chi connectivity index (χ3n) is 5.97. The van der Waals surface area contributed by atoms with Crippen LogP contribution in [0.2, 0.25) is 0 Å². The number of esters is 5. The Kier molecular flexibility index (Phi) is 9.43. The molecule has 1 fully saturated rings. The number of rotatable bonds is 9. The van der Waals surface area contributed by atoms with Crippen LogP contribution in [0.4, 0.5) is 0 Å². The van der Waals surface area contributed by atoms with Crippen molar-refractivity contribution < 1.29 is 52.4 Å². The molecule has 212 valence electrons. The lowest BCUT2D eigenvalue weighted by atomic mass is 10.0. The van der Waals surface area contributed by atoms with E-state index in [1.165, 1.54) is 36.4 Å². The molecule has 1 aliphatic rings. The molecule has 41 heavy (non-hydrogen) atoms. The summed E-state index contributed by atoms with van der Waals surface area (Å²) in [6, 6.07) is 23.5. The maximum Gasteiger partial charge on any atom is 0.350 e. The van der Waals surface area contributed by atoms with Crippen LogP contribution in [0.5, 0.6) is 0 Å². The van der Waals surface area contributed by atoms with E-state index in [4.69, 9.17) is 28.4 Å².